The summed E-state index contributed by atoms with van der Waals surface area (Å²) in [6.45, 7) is 6.32. The van der Waals surface area contributed by atoms with Gasteiger partial charge in [-0.3, -0.25) is 9.69 Å². The van der Waals surface area contributed by atoms with E-state index < -0.39 is 0 Å². The van der Waals surface area contributed by atoms with Crippen LogP contribution in [0.2, 0.25) is 5.02 Å². The van der Waals surface area contributed by atoms with Gasteiger partial charge in [0.25, 0.3) is 5.91 Å². The highest BCUT2D eigenvalue weighted by molar-refractivity contribution is 6.30. The maximum absolute atomic E-state index is 13.1. The minimum Gasteiger partial charge on any atom is -0.484 e. The van der Waals surface area contributed by atoms with Crippen LogP contribution >= 0.6 is 11.6 Å². The van der Waals surface area contributed by atoms with E-state index in [9.17, 15) is 9.18 Å². The van der Waals surface area contributed by atoms with Crippen LogP contribution in [0.15, 0.2) is 48.5 Å². The lowest BCUT2D eigenvalue weighted by molar-refractivity contribution is -0.139. The zero-order valence-corrected chi connectivity index (χ0v) is 16.3. The average Bonchev–Trinajstić information content (AvgIpc) is 2.65. The number of halogens is 2. The van der Waals surface area contributed by atoms with E-state index in [1.807, 2.05) is 24.0 Å². The van der Waals surface area contributed by atoms with Gasteiger partial charge in [-0.25, -0.2) is 4.39 Å². The summed E-state index contributed by atoms with van der Waals surface area (Å²) in [5.74, 6) is 0.380. The van der Waals surface area contributed by atoms with Crippen LogP contribution < -0.4 is 4.74 Å². The van der Waals surface area contributed by atoms with Crippen molar-refractivity contribution in [1.29, 1.82) is 0 Å². The van der Waals surface area contributed by atoms with Crippen molar-refractivity contribution >= 4 is 17.5 Å². The van der Waals surface area contributed by atoms with Gasteiger partial charge in [-0.05, 0) is 55.8 Å². The zero-order valence-electron chi connectivity index (χ0n) is 15.6. The molecule has 27 heavy (non-hydrogen) atoms. The monoisotopic (exact) mass is 390 g/mol. The van der Waals surface area contributed by atoms with Crippen LogP contribution in [0.5, 0.6) is 5.75 Å². The van der Waals surface area contributed by atoms with E-state index in [0.29, 0.717) is 17.3 Å². The van der Waals surface area contributed by atoms with E-state index in [1.165, 1.54) is 12.1 Å². The Morgan fingerprint density at radius 1 is 1.07 bits per heavy atom. The molecule has 1 amide bonds. The van der Waals surface area contributed by atoms with Gasteiger partial charge in [0.15, 0.2) is 6.61 Å². The number of hydrogen-bond donors (Lipinski definition) is 0. The predicted octanol–water partition coefficient (Wildman–Crippen LogP) is 3.98. The first-order valence-electron chi connectivity index (χ1n) is 9.08. The van der Waals surface area contributed by atoms with Crippen LogP contribution in [0.3, 0.4) is 0 Å². The molecule has 6 heteroatoms. The minimum absolute atomic E-state index is 0.0106. The van der Waals surface area contributed by atoms with E-state index in [0.717, 1.165) is 18.7 Å². The molecular weight excluding hydrogens is 367 g/mol. The topological polar surface area (TPSA) is 32.8 Å². The number of carbonyl (C=O) groups excluding carboxylic acids is 1. The summed E-state index contributed by atoms with van der Waals surface area (Å²) >= 11 is 5.86. The van der Waals surface area contributed by atoms with Crippen LogP contribution in [0.25, 0.3) is 0 Å². The standard InChI is InChI=1S/C21H24ClFN2O2/c1-15-12-25(21(26)14-27-20-9-5-18(22)6-10-20)16(2)11-24(15)13-17-3-7-19(23)8-4-17/h3-10,15-16H,11-14H2,1-2H3/t15-,16+/m1/s1. The van der Waals surface area contributed by atoms with E-state index >= 15 is 0 Å². The smallest absolute Gasteiger partial charge is 0.260 e. The molecule has 0 spiro atoms. The van der Waals surface area contributed by atoms with Crippen molar-refractivity contribution in [3.63, 3.8) is 0 Å². The molecule has 2 atom stereocenters. The Balaban J connectivity index is 1.54. The quantitative estimate of drug-likeness (QED) is 0.774. The molecule has 0 radical (unpaired) electrons. The van der Waals surface area contributed by atoms with E-state index in [-0.39, 0.29) is 30.4 Å². The first-order valence-corrected chi connectivity index (χ1v) is 9.46. The Morgan fingerprint density at radius 3 is 2.41 bits per heavy atom. The molecule has 4 nitrogen and oxygen atoms in total. The van der Waals surface area contributed by atoms with Crippen LogP contribution in [0, 0.1) is 5.82 Å². The molecule has 0 N–H and O–H groups in total. The first-order chi connectivity index (χ1) is 12.9. The van der Waals surface area contributed by atoms with E-state index in [1.54, 1.807) is 24.3 Å². The Labute approximate surface area is 164 Å². The summed E-state index contributed by atoms with van der Waals surface area (Å²) in [7, 11) is 0. The van der Waals surface area contributed by atoms with Crippen molar-refractivity contribution in [1.82, 2.24) is 9.80 Å². The summed E-state index contributed by atoms with van der Waals surface area (Å²) in [4.78, 5) is 16.8. The molecule has 144 valence electrons. The predicted molar refractivity (Wildman–Crippen MR) is 104 cm³/mol. The van der Waals surface area contributed by atoms with Crippen LogP contribution in [0.1, 0.15) is 19.4 Å². The van der Waals surface area contributed by atoms with Gasteiger partial charge in [0.1, 0.15) is 11.6 Å². The highest BCUT2D eigenvalue weighted by atomic mass is 35.5. The third kappa shape index (κ3) is 5.21. The Kier molecular flexibility index (Phi) is 6.34. The molecular formula is C21H24ClFN2O2. The summed E-state index contributed by atoms with van der Waals surface area (Å²) < 4.78 is 18.7. The molecule has 2 aromatic rings. The van der Waals surface area contributed by atoms with Crippen LogP contribution in [-0.4, -0.2) is 47.5 Å². The largest absolute Gasteiger partial charge is 0.484 e. The minimum atomic E-state index is -0.226. The maximum Gasteiger partial charge on any atom is 0.260 e. The van der Waals surface area contributed by atoms with Crippen LogP contribution in [0.4, 0.5) is 4.39 Å². The Hall–Kier alpha value is -2.11. The molecule has 1 saturated heterocycles. The second kappa shape index (κ2) is 8.72. The van der Waals surface area contributed by atoms with Gasteiger partial charge in [0.2, 0.25) is 0 Å². The molecule has 3 rings (SSSR count). The number of nitrogens with zero attached hydrogens (tertiary/aromatic N) is 2. The van der Waals surface area contributed by atoms with Gasteiger partial charge >= 0.3 is 0 Å². The molecule has 0 saturated carbocycles. The molecule has 1 aliphatic rings. The van der Waals surface area contributed by atoms with Gasteiger partial charge in [-0.1, -0.05) is 23.7 Å². The number of rotatable bonds is 5. The summed E-state index contributed by atoms with van der Waals surface area (Å²) in [5.41, 5.74) is 1.07. The fourth-order valence-electron chi connectivity index (χ4n) is 3.35. The second-order valence-electron chi connectivity index (χ2n) is 7.04. The van der Waals surface area contributed by atoms with Crippen molar-refractivity contribution < 1.29 is 13.9 Å². The van der Waals surface area contributed by atoms with Gasteiger partial charge in [-0.15, -0.1) is 0 Å². The van der Waals surface area contributed by atoms with Crippen molar-refractivity contribution in [3.8, 4) is 5.75 Å². The lowest BCUT2D eigenvalue weighted by atomic mass is 10.1. The highest BCUT2D eigenvalue weighted by Crippen LogP contribution is 2.20. The third-order valence-corrected chi connectivity index (χ3v) is 5.16. The zero-order chi connectivity index (χ0) is 19.4. The molecule has 1 fully saturated rings. The lowest BCUT2D eigenvalue weighted by Crippen LogP contribution is -2.58. The fourth-order valence-corrected chi connectivity index (χ4v) is 3.48. The van der Waals surface area contributed by atoms with Crippen molar-refractivity contribution in [2.24, 2.45) is 0 Å². The van der Waals surface area contributed by atoms with Crippen molar-refractivity contribution in [3.05, 3.63) is 64.9 Å². The molecule has 0 aromatic heterocycles. The van der Waals surface area contributed by atoms with Gasteiger partial charge < -0.3 is 9.64 Å². The summed E-state index contributed by atoms with van der Waals surface area (Å²) in [6.07, 6.45) is 0. The molecule has 0 unspecified atom stereocenters. The molecule has 2 aromatic carbocycles. The normalized spacial score (nSPS) is 20.5. The Bertz CT molecular complexity index is 767. The molecule has 1 aliphatic heterocycles. The maximum atomic E-state index is 13.1. The average molecular weight is 391 g/mol. The first kappa shape index (κ1) is 19.6. The number of piperazine rings is 1. The highest BCUT2D eigenvalue weighted by Gasteiger charge is 2.32. The third-order valence-electron chi connectivity index (χ3n) is 4.91. The fraction of sp³-hybridized carbons (Fsp3) is 0.381. The van der Waals surface area contributed by atoms with Gasteiger partial charge in [0, 0.05) is 36.7 Å². The number of benzene rings is 2. The van der Waals surface area contributed by atoms with E-state index in [2.05, 4.69) is 11.8 Å². The molecule has 1 heterocycles. The Morgan fingerprint density at radius 2 is 1.74 bits per heavy atom. The second-order valence-corrected chi connectivity index (χ2v) is 7.48. The number of hydrogen-bond acceptors (Lipinski definition) is 3. The van der Waals surface area contributed by atoms with Crippen molar-refractivity contribution in [2.45, 2.75) is 32.5 Å². The summed E-state index contributed by atoms with van der Waals surface area (Å²) in [5, 5.41) is 0.633. The van der Waals surface area contributed by atoms with Crippen molar-refractivity contribution in [2.75, 3.05) is 19.7 Å². The van der Waals surface area contributed by atoms with Gasteiger partial charge in [-0.2, -0.15) is 0 Å². The van der Waals surface area contributed by atoms with E-state index in [4.69, 9.17) is 16.3 Å². The van der Waals surface area contributed by atoms with Gasteiger partial charge in [0.05, 0.1) is 0 Å². The van der Waals surface area contributed by atoms with Crippen LogP contribution in [-0.2, 0) is 11.3 Å². The summed E-state index contributed by atoms with van der Waals surface area (Å²) in [6, 6.07) is 13.9. The number of ether oxygens (including phenoxy) is 1. The SMILES string of the molecule is C[C@@H]1CN(C(=O)COc2ccc(Cl)cc2)[C@@H](C)CN1Cc1ccc(F)cc1. The lowest BCUT2D eigenvalue weighted by Gasteiger charge is -2.44. The molecule has 0 bridgehead atoms. The number of carbonyl (C=O) groups is 1. The number of amides is 1. The molecule has 0 aliphatic carbocycles.